The first kappa shape index (κ1) is 9.51. The van der Waals surface area contributed by atoms with E-state index in [1.54, 1.807) is 0 Å². The summed E-state index contributed by atoms with van der Waals surface area (Å²) < 4.78 is 0. The number of hydrogen-bond acceptors (Lipinski definition) is 1. The summed E-state index contributed by atoms with van der Waals surface area (Å²) in [5.41, 5.74) is -0.340. The van der Waals surface area contributed by atoms with E-state index in [1.165, 1.54) is 44.9 Å². The van der Waals surface area contributed by atoms with E-state index in [1.807, 2.05) is 0 Å². The van der Waals surface area contributed by atoms with E-state index in [2.05, 4.69) is 6.92 Å². The third kappa shape index (κ3) is 2.07. The van der Waals surface area contributed by atoms with Crippen LogP contribution in [-0.2, 0) is 0 Å². The normalized spacial score (nSPS) is 30.0. The second-order valence-corrected chi connectivity index (χ2v) is 5.34. The largest absolute Gasteiger partial charge is 0.390 e. The summed E-state index contributed by atoms with van der Waals surface area (Å²) in [6.07, 6.45) is 10.4. The lowest BCUT2D eigenvalue weighted by atomic mass is 9.70. The van der Waals surface area contributed by atoms with Gasteiger partial charge in [0.05, 0.1) is 5.60 Å². The van der Waals surface area contributed by atoms with Crippen molar-refractivity contribution in [2.24, 2.45) is 11.8 Å². The molecule has 2 aliphatic carbocycles. The van der Waals surface area contributed by atoms with Gasteiger partial charge >= 0.3 is 0 Å². The van der Waals surface area contributed by atoms with Crippen LogP contribution >= 0.6 is 0 Å². The van der Waals surface area contributed by atoms with Crippen molar-refractivity contribution in [3.63, 3.8) is 0 Å². The molecule has 0 amide bonds. The van der Waals surface area contributed by atoms with Gasteiger partial charge in [0, 0.05) is 0 Å². The highest BCUT2D eigenvalue weighted by Crippen LogP contribution is 2.42. The molecule has 0 aromatic heterocycles. The highest BCUT2D eigenvalue weighted by Gasteiger charge is 2.37. The van der Waals surface area contributed by atoms with Gasteiger partial charge in [0.25, 0.3) is 0 Å². The molecule has 1 unspecified atom stereocenters. The summed E-state index contributed by atoms with van der Waals surface area (Å²) in [5.74, 6) is 1.45. The standard InChI is InChI=1S/C12H22O/c1-12(13,11-7-4-8-11)9-10-5-2-3-6-10/h10-11,13H,2-9H2,1H3. The molecule has 2 saturated carbocycles. The maximum absolute atomic E-state index is 10.3. The molecule has 2 fully saturated rings. The van der Waals surface area contributed by atoms with Crippen molar-refractivity contribution in [3.8, 4) is 0 Å². The minimum absolute atomic E-state index is 0.340. The zero-order valence-corrected chi connectivity index (χ0v) is 8.76. The first-order chi connectivity index (χ1) is 6.18. The first-order valence-electron chi connectivity index (χ1n) is 5.91. The SMILES string of the molecule is CC(O)(CC1CCCC1)C1CCC1. The number of hydrogen-bond donors (Lipinski definition) is 1. The molecule has 0 aromatic rings. The Kier molecular flexibility index (Phi) is 2.64. The molecule has 0 heterocycles. The van der Waals surface area contributed by atoms with E-state index < -0.39 is 0 Å². The Bertz CT molecular complexity index is 164. The van der Waals surface area contributed by atoms with Crippen LogP contribution in [0, 0.1) is 11.8 Å². The van der Waals surface area contributed by atoms with Crippen LogP contribution in [0.15, 0.2) is 0 Å². The molecule has 0 bridgehead atoms. The molecular weight excluding hydrogens is 160 g/mol. The van der Waals surface area contributed by atoms with Gasteiger partial charge in [-0.2, -0.15) is 0 Å². The quantitative estimate of drug-likeness (QED) is 0.711. The molecule has 0 saturated heterocycles. The molecule has 13 heavy (non-hydrogen) atoms. The zero-order chi connectivity index (χ0) is 9.31. The predicted molar refractivity (Wildman–Crippen MR) is 54.5 cm³/mol. The van der Waals surface area contributed by atoms with Crippen molar-refractivity contribution in [2.75, 3.05) is 0 Å². The van der Waals surface area contributed by atoms with Gasteiger partial charge in [-0.25, -0.2) is 0 Å². The van der Waals surface area contributed by atoms with Gasteiger partial charge in [-0.15, -0.1) is 0 Å². The van der Waals surface area contributed by atoms with Crippen molar-refractivity contribution >= 4 is 0 Å². The Balaban J connectivity index is 1.83. The van der Waals surface area contributed by atoms with Crippen molar-refractivity contribution in [2.45, 2.75) is 63.9 Å². The van der Waals surface area contributed by atoms with Gasteiger partial charge in [0.15, 0.2) is 0 Å². The lowest BCUT2D eigenvalue weighted by Gasteiger charge is -2.40. The third-order valence-corrected chi connectivity index (χ3v) is 4.16. The third-order valence-electron chi connectivity index (χ3n) is 4.16. The Morgan fingerprint density at radius 1 is 1.08 bits per heavy atom. The second-order valence-electron chi connectivity index (χ2n) is 5.34. The van der Waals surface area contributed by atoms with Crippen LogP contribution in [0.25, 0.3) is 0 Å². The van der Waals surface area contributed by atoms with Crippen LogP contribution < -0.4 is 0 Å². The van der Waals surface area contributed by atoms with Gasteiger partial charge in [-0.3, -0.25) is 0 Å². The lowest BCUT2D eigenvalue weighted by molar-refractivity contribution is -0.0519. The zero-order valence-electron chi connectivity index (χ0n) is 8.76. The van der Waals surface area contributed by atoms with Crippen molar-refractivity contribution < 1.29 is 5.11 Å². The molecule has 2 rings (SSSR count). The second kappa shape index (κ2) is 3.61. The van der Waals surface area contributed by atoms with E-state index in [0.29, 0.717) is 5.92 Å². The summed E-state index contributed by atoms with van der Waals surface area (Å²) >= 11 is 0. The minimum Gasteiger partial charge on any atom is -0.390 e. The van der Waals surface area contributed by atoms with Gasteiger partial charge < -0.3 is 5.11 Å². The van der Waals surface area contributed by atoms with Gasteiger partial charge in [-0.1, -0.05) is 32.1 Å². The van der Waals surface area contributed by atoms with Gasteiger partial charge in [0.2, 0.25) is 0 Å². The van der Waals surface area contributed by atoms with Crippen LogP contribution in [0.5, 0.6) is 0 Å². The molecule has 1 N–H and O–H groups in total. The molecule has 0 spiro atoms. The van der Waals surface area contributed by atoms with E-state index >= 15 is 0 Å². The Labute approximate surface area is 81.5 Å². The molecule has 1 nitrogen and oxygen atoms in total. The topological polar surface area (TPSA) is 20.2 Å². The summed E-state index contributed by atoms with van der Waals surface area (Å²) in [4.78, 5) is 0. The predicted octanol–water partition coefficient (Wildman–Crippen LogP) is 3.12. The summed E-state index contributed by atoms with van der Waals surface area (Å²) in [6.45, 7) is 2.06. The maximum atomic E-state index is 10.3. The van der Waals surface area contributed by atoms with Crippen molar-refractivity contribution in [1.29, 1.82) is 0 Å². The van der Waals surface area contributed by atoms with Crippen LogP contribution in [0.3, 0.4) is 0 Å². The van der Waals surface area contributed by atoms with Crippen LogP contribution in [0.2, 0.25) is 0 Å². The molecule has 1 atom stereocenters. The molecule has 0 aliphatic heterocycles. The van der Waals surface area contributed by atoms with Crippen molar-refractivity contribution in [1.82, 2.24) is 0 Å². The van der Waals surface area contributed by atoms with E-state index in [-0.39, 0.29) is 5.60 Å². The Hall–Kier alpha value is -0.0400. The smallest absolute Gasteiger partial charge is 0.0650 e. The average Bonchev–Trinajstić information content (AvgIpc) is 2.32. The van der Waals surface area contributed by atoms with Crippen LogP contribution in [-0.4, -0.2) is 10.7 Å². The van der Waals surface area contributed by atoms with Crippen LogP contribution in [0.1, 0.15) is 58.3 Å². The highest BCUT2D eigenvalue weighted by atomic mass is 16.3. The van der Waals surface area contributed by atoms with E-state index in [9.17, 15) is 5.11 Å². The fourth-order valence-electron chi connectivity index (χ4n) is 3.00. The summed E-state index contributed by atoms with van der Waals surface area (Å²) in [5, 5.41) is 10.3. The highest BCUT2D eigenvalue weighted by molar-refractivity contribution is 4.90. The fourth-order valence-corrected chi connectivity index (χ4v) is 3.00. The monoisotopic (exact) mass is 182 g/mol. The van der Waals surface area contributed by atoms with Crippen LogP contribution in [0.4, 0.5) is 0 Å². The average molecular weight is 182 g/mol. The molecular formula is C12H22O. The fraction of sp³-hybridized carbons (Fsp3) is 1.00. The number of aliphatic hydroxyl groups is 1. The van der Waals surface area contributed by atoms with Gasteiger partial charge in [0.1, 0.15) is 0 Å². The summed E-state index contributed by atoms with van der Waals surface area (Å²) in [7, 11) is 0. The first-order valence-corrected chi connectivity index (χ1v) is 5.91. The summed E-state index contributed by atoms with van der Waals surface area (Å²) in [6, 6.07) is 0. The molecule has 0 radical (unpaired) electrons. The Morgan fingerprint density at radius 2 is 1.69 bits per heavy atom. The van der Waals surface area contributed by atoms with E-state index in [0.717, 1.165) is 12.3 Å². The maximum Gasteiger partial charge on any atom is 0.0650 e. The Morgan fingerprint density at radius 3 is 2.15 bits per heavy atom. The molecule has 2 aliphatic rings. The number of rotatable bonds is 3. The molecule has 0 aromatic carbocycles. The minimum atomic E-state index is -0.340. The molecule has 76 valence electrons. The van der Waals surface area contributed by atoms with Crippen molar-refractivity contribution in [3.05, 3.63) is 0 Å². The van der Waals surface area contributed by atoms with Gasteiger partial charge in [-0.05, 0) is 38.0 Å². The van der Waals surface area contributed by atoms with E-state index in [4.69, 9.17) is 0 Å². The lowest BCUT2D eigenvalue weighted by Crippen LogP contribution is -2.40. The molecule has 1 heteroatoms.